The van der Waals surface area contributed by atoms with E-state index in [-0.39, 0.29) is 11.0 Å². The van der Waals surface area contributed by atoms with Crippen LogP contribution in [0.2, 0.25) is 0 Å². The number of hydrogen-bond donors (Lipinski definition) is 2. The Kier molecular flexibility index (Phi) is 3.84. The number of amides is 1. The number of phenolic OH excluding ortho intramolecular Hbond substituents is 1. The summed E-state index contributed by atoms with van der Waals surface area (Å²) in [6.45, 7) is 3.65. The Morgan fingerprint density at radius 3 is 2.89 bits per heavy atom. The molecule has 0 aliphatic carbocycles. The summed E-state index contributed by atoms with van der Waals surface area (Å²) in [5.41, 5.74) is 1.45. The van der Waals surface area contributed by atoms with Crippen molar-refractivity contribution in [3.8, 4) is 5.75 Å². The third kappa shape index (κ3) is 2.63. The second-order valence-electron chi connectivity index (χ2n) is 3.70. The van der Waals surface area contributed by atoms with Crippen molar-refractivity contribution in [2.45, 2.75) is 6.42 Å². The molecule has 18 heavy (non-hydrogen) atoms. The van der Waals surface area contributed by atoms with Crippen LogP contribution in [0, 0.1) is 0 Å². The number of carbonyl (C=O) groups is 1. The number of thioether (sulfide) groups is 1. The van der Waals surface area contributed by atoms with Gasteiger partial charge in [-0.25, -0.2) is 0 Å². The quantitative estimate of drug-likeness (QED) is 0.506. The fourth-order valence-electron chi connectivity index (χ4n) is 1.61. The average Bonchev–Trinajstić information content (AvgIpc) is 2.63. The third-order valence-electron chi connectivity index (χ3n) is 2.44. The maximum absolute atomic E-state index is 11.2. The summed E-state index contributed by atoms with van der Waals surface area (Å²) in [6, 6.07) is 5.46. The summed E-state index contributed by atoms with van der Waals surface area (Å²) in [7, 11) is 0. The highest BCUT2D eigenvalue weighted by Gasteiger charge is 2.21. The summed E-state index contributed by atoms with van der Waals surface area (Å²) in [4.78, 5) is 12.2. The lowest BCUT2D eigenvalue weighted by Gasteiger charge is -2.05. The van der Waals surface area contributed by atoms with Crippen LogP contribution in [0.25, 0.3) is 6.08 Å². The molecule has 1 saturated heterocycles. The number of allylic oxidation sites excluding steroid dienone is 1. The van der Waals surface area contributed by atoms with Gasteiger partial charge in [-0.2, -0.15) is 0 Å². The van der Waals surface area contributed by atoms with Gasteiger partial charge in [-0.3, -0.25) is 4.79 Å². The first kappa shape index (κ1) is 12.9. The Labute approximate surface area is 115 Å². The maximum atomic E-state index is 11.2. The molecule has 1 heterocycles. The van der Waals surface area contributed by atoms with Crippen LogP contribution in [0.5, 0.6) is 5.75 Å². The molecule has 2 rings (SSSR count). The first-order valence-electron chi connectivity index (χ1n) is 5.28. The number of para-hydroxylation sites is 1. The number of rotatable bonds is 3. The number of thiocarbonyl (C=S) groups is 1. The first-order valence-corrected chi connectivity index (χ1v) is 6.51. The van der Waals surface area contributed by atoms with Crippen LogP contribution < -0.4 is 5.32 Å². The Bertz CT molecular complexity index is 564. The first-order chi connectivity index (χ1) is 8.61. The normalized spacial score (nSPS) is 17.0. The van der Waals surface area contributed by atoms with E-state index in [1.54, 1.807) is 18.2 Å². The van der Waals surface area contributed by atoms with Gasteiger partial charge in [-0.1, -0.05) is 36.5 Å². The van der Waals surface area contributed by atoms with E-state index in [9.17, 15) is 9.90 Å². The Balaban J connectivity index is 2.37. The van der Waals surface area contributed by atoms with Crippen LogP contribution in [0.1, 0.15) is 11.1 Å². The van der Waals surface area contributed by atoms with Crippen molar-refractivity contribution in [2.75, 3.05) is 0 Å². The van der Waals surface area contributed by atoms with E-state index in [4.69, 9.17) is 12.2 Å². The summed E-state index contributed by atoms with van der Waals surface area (Å²) in [5.74, 6) is 0.202. The Morgan fingerprint density at radius 1 is 1.50 bits per heavy atom. The predicted octanol–water partition coefficient (Wildman–Crippen LogP) is 3.25. The van der Waals surface area contributed by atoms with Gasteiger partial charge in [0.1, 0.15) is 10.7 Å². The van der Waals surface area contributed by atoms with Crippen LogP contribution in [-0.4, -0.2) is 15.3 Å². The minimum Gasteiger partial charge on any atom is -0.507 e. The van der Waals surface area contributed by atoms with Crippen molar-refractivity contribution < 1.29 is 9.90 Å². The smallest absolute Gasteiger partial charge is 0.289 e. The van der Waals surface area contributed by atoms with Crippen molar-refractivity contribution >= 4 is 40.3 Å². The molecule has 1 aliphatic rings. The fourth-order valence-corrected chi connectivity index (χ4v) is 2.63. The lowest BCUT2D eigenvalue weighted by atomic mass is 10.1. The number of aromatic hydroxyl groups is 1. The van der Waals surface area contributed by atoms with Crippen molar-refractivity contribution in [3.05, 3.63) is 46.9 Å². The van der Waals surface area contributed by atoms with Crippen LogP contribution >= 0.6 is 24.0 Å². The van der Waals surface area contributed by atoms with Crippen LogP contribution in [0.4, 0.5) is 4.79 Å². The van der Waals surface area contributed by atoms with Crippen molar-refractivity contribution in [1.82, 2.24) is 5.32 Å². The standard InChI is InChI=1S/C13H11NO2S2/c1-2-4-8-5-3-6-9(11(8)15)7-10-12(17)14-13(16)18-10/h2-3,5-7,15H,1,4H2,(H,14,16,17). The zero-order valence-corrected chi connectivity index (χ0v) is 11.1. The maximum Gasteiger partial charge on any atom is 0.289 e. The second-order valence-corrected chi connectivity index (χ2v) is 5.12. The van der Waals surface area contributed by atoms with Gasteiger partial charge in [0.25, 0.3) is 5.24 Å². The van der Waals surface area contributed by atoms with Gasteiger partial charge in [-0.15, -0.1) is 6.58 Å². The van der Waals surface area contributed by atoms with Crippen molar-refractivity contribution in [3.63, 3.8) is 0 Å². The lowest BCUT2D eigenvalue weighted by molar-refractivity contribution is 0.265. The van der Waals surface area contributed by atoms with E-state index < -0.39 is 0 Å². The molecule has 0 saturated carbocycles. The molecule has 2 N–H and O–H groups in total. The number of hydrogen-bond acceptors (Lipinski definition) is 4. The molecule has 0 unspecified atom stereocenters. The minimum absolute atomic E-state index is 0.187. The van der Waals surface area contributed by atoms with Gasteiger partial charge in [0.2, 0.25) is 0 Å². The summed E-state index contributed by atoms with van der Waals surface area (Å²) < 4.78 is 0. The monoisotopic (exact) mass is 277 g/mol. The summed E-state index contributed by atoms with van der Waals surface area (Å²) >= 11 is 6.06. The molecule has 92 valence electrons. The summed E-state index contributed by atoms with van der Waals surface area (Å²) in [5, 5.41) is 12.4. The van der Waals surface area contributed by atoms with Crippen LogP contribution in [0.3, 0.4) is 0 Å². The van der Waals surface area contributed by atoms with Gasteiger partial charge < -0.3 is 10.4 Å². The molecule has 0 atom stereocenters. The van der Waals surface area contributed by atoms with Gasteiger partial charge in [0.05, 0.1) is 4.91 Å². The van der Waals surface area contributed by atoms with Crippen molar-refractivity contribution in [1.29, 1.82) is 0 Å². The Morgan fingerprint density at radius 2 is 2.28 bits per heavy atom. The highest BCUT2D eigenvalue weighted by molar-refractivity contribution is 8.19. The third-order valence-corrected chi connectivity index (χ3v) is 3.72. The summed E-state index contributed by atoms with van der Waals surface area (Å²) in [6.07, 6.45) is 4.04. The van der Waals surface area contributed by atoms with E-state index in [2.05, 4.69) is 11.9 Å². The molecule has 0 bridgehead atoms. The minimum atomic E-state index is -0.187. The lowest BCUT2D eigenvalue weighted by Crippen LogP contribution is -2.15. The fraction of sp³-hybridized carbons (Fsp3) is 0.0769. The zero-order valence-electron chi connectivity index (χ0n) is 9.47. The van der Waals surface area contributed by atoms with Crippen LogP contribution in [-0.2, 0) is 6.42 Å². The van der Waals surface area contributed by atoms with E-state index in [0.717, 1.165) is 17.3 Å². The van der Waals surface area contributed by atoms with E-state index >= 15 is 0 Å². The molecule has 0 aromatic heterocycles. The molecule has 0 radical (unpaired) electrons. The van der Waals surface area contributed by atoms with Gasteiger partial charge >= 0.3 is 0 Å². The molecule has 1 aromatic rings. The molecule has 1 aliphatic heterocycles. The largest absolute Gasteiger partial charge is 0.507 e. The van der Waals surface area contributed by atoms with E-state index in [1.165, 1.54) is 0 Å². The molecule has 1 aromatic carbocycles. The zero-order chi connectivity index (χ0) is 13.1. The molecule has 3 nitrogen and oxygen atoms in total. The molecule has 1 amide bonds. The number of benzene rings is 1. The van der Waals surface area contributed by atoms with Crippen LogP contribution in [0.15, 0.2) is 35.8 Å². The average molecular weight is 277 g/mol. The van der Waals surface area contributed by atoms with Gasteiger partial charge in [0.15, 0.2) is 0 Å². The number of phenols is 1. The number of nitrogens with one attached hydrogen (secondary N) is 1. The molecule has 1 fully saturated rings. The molecule has 0 spiro atoms. The highest BCUT2D eigenvalue weighted by Crippen LogP contribution is 2.31. The predicted molar refractivity (Wildman–Crippen MR) is 78.7 cm³/mol. The van der Waals surface area contributed by atoms with Gasteiger partial charge in [-0.05, 0) is 29.8 Å². The van der Waals surface area contributed by atoms with E-state index in [0.29, 0.717) is 21.9 Å². The van der Waals surface area contributed by atoms with Gasteiger partial charge in [0, 0.05) is 5.56 Å². The Hall–Kier alpha value is -1.59. The SMILES string of the molecule is C=CCc1cccc(C=C2SC(=O)NC2=S)c1O. The topological polar surface area (TPSA) is 49.3 Å². The van der Waals surface area contributed by atoms with E-state index in [1.807, 2.05) is 12.1 Å². The van der Waals surface area contributed by atoms with Crippen molar-refractivity contribution in [2.24, 2.45) is 0 Å². The highest BCUT2D eigenvalue weighted by atomic mass is 32.2. The molecular formula is C13H11NO2S2. The number of carbonyl (C=O) groups excluding carboxylic acids is 1. The molecule has 5 heteroatoms. The second kappa shape index (κ2) is 5.37. The molecular weight excluding hydrogens is 266 g/mol.